The molecule has 2 aliphatic rings. The van der Waals surface area contributed by atoms with Crippen molar-refractivity contribution in [3.05, 3.63) is 53.8 Å². The van der Waals surface area contributed by atoms with Crippen LogP contribution >= 0.6 is 23.7 Å². The van der Waals surface area contributed by atoms with Crippen molar-refractivity contribution in [1.29, 1.82) is 0 Å². The first kappa shape index (κ1) is 27.9. The van der Waals surface area contributed by atoms with Crippen molar-refractivity contribution in [2.75, 3.05) is 57.4 Å². The second kappa shape index (κ2) is 12.1. The third-order valence-corrected chi connectivity index (χ3v) is 9.53. The maximum Gasteiger partial charge on any atom is 0.260 e. The number of rotatable bonds is 8. The molecule has 1 amide bonds. The second-order valence-electron chi connectivity index (χ2n) is 9.01. The molecule has 3 heterocycles. The van der Waals surface area contributed by atoms with E-state index in [2.05, 4.69) is 9.88 Å². The van der Waals surface area contributed by atoms with Crippen LogP contribution in [0.3, 0.4) is 0 Å². The van der Waals surface area contributed by atoms with Crippen LogP contribution in [0.2, 0.25) is 0 Å². The first-order valence-electron chi connectivity index (χ1n) is 12.2. The summed E-state index contributed by atoms with van der Waals surface area (Å²) < 4.78 is 47.1. The van der Waals surface area contributed by atoms with Gasteiger partial charge in [0.05, 0.1) is 28.3 Å². The highest BCUT2D eigenvalue weighted by Gasteiger charge is 2.28. The van der Waals surface area contributed by atoms with Gasteiger partial charge in [0.1, 0.15) is 5.82 Å². The molecule has 2 aromatic carbocycles. The minimum absolute atomic E-state index is 0. The molecule has 2 fully saturated rings. The van der Waals surface area contributed by atoms with Crippen molar-refractivity contribution in [3.63, 3.8) is 0 Å². The zero-order valence-electron chi connectivity index (χ0n) is 20.3. The zero-order chi connectivity index (χ0) is 25.1. The van der Waals surface area contributed by atoms with Crippen LogP contribution in [0.4, 0.5) is 9.52 Å². The highest BCUT2D eigenvalue weighted by Crippen LogP contribution is 2.31. The third kappa shape index (κ3) is 6.30. The fraction of sp³-hybridized carbons (Fsp3) is 0.440. The van der Waals surface area contributed by atoms with Gasteiger partial charge < -0.3 is 4.74 Å². The second-order valence-corrected chi connectivity index (χ2v) is 12.0. The maximum atomic E-state index is 13.8. The minimum atomic E-state index is -3.55. The molecule has 8 nitrogen and oxygen atoms in total. The molecule has 37 heavy (non-hydrogen) atoms. The normalized spacial score (nSPS) is 17.1. The molecule has 0 unspecified atom stereocenters. The minimum Gasteiger partial charge on any atom is -0.379 e. The summed E-state index contributed by atoms with van der Waals surface area (Å²) in [6.07, 6.45) is 2.46. The van der Waals surface area contributed by atoms with Crippen molar-refractivity contribution in [2.45, 2.75) is 24.2 Å². The topological polar surface area (TPSA) is 83.1 Å². The van der Waals surface area contributed by atoms with Gasteiger partial charge in [-0.3, -0.25) is 14.6 Å². The lowest BCUT2D eigenvalue weighted by molar-refractivity contribution is 0.0376. The molecule has 0 aliphatic carbocycles. The Balaban J connectivity index is 0.00000320. The van der Waals surface area contributed by atoms with Crippen LogP contribution in [0.15, 0.2) is 47.4 Å². The Hall–Kier alpha value is -2.15. The maximum absolute atomic E-state index is 13.8. The molecular formula is C25H30ClFN4O4S2. The molecule has 0 saturated carbocycles. The van der Waals surface area contributed by atoms with E-state index in [-0.39, 0.29) is 29.0 Å². The Morgan fingerprint density at radius 3 is 2.46 bits per heavy atom. The summed E-state index contributed by atoms with van der Waals surface area (Å²) in [6.45, 7) is 5.45. The van der Waals surface area contributed by atoms with Crippen LogP contribution in [0.5, 0.6) is 0 Å². The van der Waals surface area contributed by atoms with Gasteiger partial charge in [0.15, 0.2) is 5.13 Å². The Morgan fingerprint density at radius 2 is 1.76 bits per heavy atom. The number of thiazole rings is 1. The summed E-state index contributed by atoms with van der Waals surface area (Å²) in [5, 5.41) is 0.497. The van der Waals surface area contributed by atoms with Crippen molar-refractivity contribution in [1.82, 2.24) is 14.2 Å². The van der Waals surface area contributed by atoms with Crippen LogP contribution < -0.4 is 4.90 Å². The van der Waals surface area contributed by atoms with Gasteiger partial charge >= 0.3 is 0 Å². The molecule has 3 aromatic rings. The number of carbonyl (C=O) groups excluding carboxylic acids is 1. The van der Waals surface area contributed by atoms with E-state index in [0.29, 0.717) is 53.8 Å². The first-order chi connectivity index (χ1) is 17.4. The molecule has 5 rings (SSSR count). The standard InChI is InChI=1S/C25H29FN4O4S2.ClH/c26-20-6-9-22-23(18-20)35-25(27-22)30(13-3-10-28-14-16-34-17-15-28)24(31)19-4-7-21(8-5-19)36(32,33)29-11-1-2-12-29;/h4-9,18H,1-3,10-17H2;1H. The lowest BCUT2D eigenvalue weighted by Crippen LogP contribution is -2.39. The number of amides is 1. The predicted molar refractivity (Wildman–Crippen MR) is 145 cm³/mol. The van der Waals surface area contributed by atoms with Crippen LogP contribution in [0.1, 0.15) is 29.6 Å². The highest BCUT2D eigenvalue weighted by molar-refractivity contribution is 7.89. The molecular weight excluding hydrogens is 539 g/mol. The molecule has 200 valence electrons. The van der Waals surface area contributed by atoms with Gasteiger partial charge in [0.2, 0.25) is 10.0 Å². The van der Waals surface area contributed by atoms with Crippen molar-refractivity contribution in [3.8, 4) is 0 Å². The number of ether oxygens (including phenoxy) is 1. The average molecular weight is 569 g/mol. The first-order valence-corrected chi connectivity index (χ1v) is 14.5. The van der Waals surface area contributed by atoms with E-state index in [1.54, 1.807) is 23.1 Å². The van der Waals surface area contributed by atoms with Crippen LogP contribution in [0, 0.1) is 5.82 Å². The third-order valence-electron chi connectivity index (χ3n) is 6.58. The van der Waals surface area contributed by atoms with Crippen LogP contribution in [-0.4, -0.2) is 81.0 Å². The van der Waals surface area contributed by atoms with E-state index in [9.17, 15) is 17.6 Å². The number of aromatic nitrogens is 1. The van der Waals surface area contributed by atoms with Gasteiger partial charge in [-0.25, -0.2) is 17.8 Å². The van der Waals surface area contributed by atoms with E-state index in [0.717, 1.165) is 38.9 Å². The average Bonchev–Trinajstić information content (AvgIpc) is 3.58. The lowest BCUT2D eigenvalue weighted by atomic mass is 10.2. The van der Waals surface area contributed by atoms with E-state index >= 15 is 0 Å². The largest absolute Gasteiger partial charge is 0.379 e. The Kier molecular flexibility index (Phi) is 9.15. The fourth-order valence-electron chi connectivity index (χ4n) is 4.57. The van der Waals surface area contributed by atoms with E-state index < -0.39 is 10.0 Å². The molecule has 2 aliphatic heterocycles. The molecule has 2 saturated heterocycles. The quantitative estimate of drug-likeness (QED) is 0.408. The Morgan fingerprint density at radius 1 is 1.05 bits per heavy atom. The zero-order valence-corrected chi connectivity index (χ0v) is 22.8. The number of sulfonamides is 1. The van der Waals surface area contributed by atoms with Gasteiger partial charge in [-0.2, -0.15) is 4.31 Å². The number of carbonyl (C=O) groups is 1. The SMILES string of the molecule is Cl.O=C(c1ccc(S(=O)(=O)N2CCCC2)cc1)N(CCCN1CCOCC1)c1nc2ccc(F)cc2s1. The van der Waals surface area contributed by atoms with Gasteiger partial charge in [-0.1, -0.05) is 11.3 Å². The van der Waals surface area contributed by atoms with E-state index in [4.69, 9.17) is 4.74 Å². The molecule has 1 aromatic heterocycles. The van der Waals surface area contributed by atoms with Gasteiger partial charge in [0, 0.05) is 44.8 Å². The number of anilines is 1. The van der Waals surface area contributed by atoms with Crippen LogP contribution in [-0.2, 0) is 14.8 Å². The van der Waals surface area contributed by atoms with E-state index in [1.165, 1.54) is 39.9 Å². The Labute approximate surface area is 226 Å². The van der Waals surface area contributed by atoms with Gasteiger partial charge in [-0.05, 0) is 61.7 Å². The number of hydrogen-bond acceptors (Lipinski definition) is 7. The number of morpholine rings is 1. The molecule has 0 radical (unpaired) electrons. The summed E-state index contributed by atoms with van der Waals surface area (Å²) in [7, 11) is -3.55. The molecule has 0 N–H and O–H groups in total. The van der Waals surface area contributed by atoms with Crippen LogP contribution in [0.25, 0.3) is 10.2 Å². The number of halogens is 2. The van der Waals surface area contributed by atoms with Gasteiger partial charge in [-0.15, -0.1) is 12.4 Å². The summed E-state index contributed by atoms with van der Waals surface area (Å²) >= 11 is 1.27. The number of fused-ring (bicyclic) bond motifs is 1. The molecule has 0 spiro atoms. The molecule has 12 heteroatoms. The fourth-order valence-corrected chi connectivity index (χ4v) is 7.10. The summed E-state index contributed by atoms with van der Waals surface area (Å²) in [5.41, 5.74) is 1.02. The summed E-state index contributed by atoms with van der Waals surface area (Å²) in [6, 6.07) is 10.5. The van der Waals surface area contributed by atoms with Crippen molar-refractivity contribution < 1.29 is 22.3 Å². The summed E-state index contributed by atoms with van der Waals surface area (Å²) in [5.74, 6) is -0.612. The number of nitrogens with zero attached hydrogens (tertiary/aromatic N) is 4. The molecule has 0 atom stereocenters. The summed E-state index contributed by atoms with van der Waals surface area (Å²) in [4.78, 5) is 22.3. The lowest BCUT2D eigenvalue weighted by Gasteiger charge is -2.27. The number of hydrogen-bond donors (Lipinski definition) is 0. The number of benzene rings is 2. The molecule has 0 bridgehead atoms. The van der Waals surface area contributed by atoms with Crippen molar-refractivity contribution >= 4 is 55.0 Å². The predicted octanol–water partition coefficient (Wildman–Crippen LogP) is 4.01. The van der Waals surface area contributed by atoms with E-state index in [1.807, 2.05) is 0 Å². The van der Waals surface area contributed by atoms with Crippen molar-refractivity contribution in [2.24, 2.45) is 0 Å². The Bertz CT molecular complexity index is 1320. The smallest absolute Gasteiger partial charge is 0.260 e. The van der Waals surface area contributed by atoms with Gasteiger partial charge in [0.25, 0.3) is 5.91 Å². The highest BCUT2D eigenvalue weighted by atomic mass is 35.5. The monoisotopic (exact) mass is 568 g/mol.